The van der Waals surface area contributed by atoms with Crippen molar-refractivity contribution >= 4 is 11.7 Å². The highest BCUT2D eigenvalue weighted by Gasteiger charge is 2.18. The van der Waals surface area contributed by atoms with Crippen molar-refractivity contribution in [3.05, 3.63) is 65.4 Å². The molecule has 0 unspecified atom stereocenters. The first-order valence-electron chi connectivity index (χ1n) is 8.25. The number of ether oxygens (including phenoxy) is 1. The molecule has 0 bridgehead atoms. The summed E-state index contributed by atoms with van der Waals surface area (Å²) >= 11 is 0. The summed E-state index contributed by atoms with van der Waals surface area (Å²) in [4.78, 5) is 12.7. The van der Waals surface area contributed by atoms with Crippen molar-refractivity contribution in [3.63, 3.8) is 0 Å². The molecule has 1 heterocycles. The fraction of sp³-hybridized carbons (Fsp3) is 0.200. The highest BCUT2D eigenvalue weighted by Crippen LogP contribution is 2.30. The van der Waals surface area contributed by atoms with Gasteiger partial charge in [0, 0.05) is 11.3 Å². The van der Waals surface area contributed by atoms with Crippen molar-refractivity contribution in [2.24, 2.45) is 0 Å². The Hall–Kier alpha value is -3.08. The Morgan fingerprint density at radius 1 is 1.12 bits per heavy atom. The molecule has 0 atom stereocenters. The van der Waals surface area contributed by atoms with Crippen molar-refractivity contribution in [1.29, 1.82) is 0 Å². The molecule has 0 aliphatic carbocycles. The smallest absolute Gasteiger partial charge is 0.260 e. The van der Waals surface area contributed by atoms with Crippen LogP contribution in [-0.4, -0.2) is 22.7 Å². The van der Waals surface area contributed by atoms with E-state index in [1.807, 2.05) is 57.2 Å². The third-order valence-corrected chi connectivity index (χ3v) is 3.95. The van der Waals surface area contributed by atoms with Gasteiger partial charge in [-0.3, -0.25) is 9.89 Å². The summed E-state index contributed by atoms with van der Waals surface area (Å²) in [6.45, 7) is 6.37. The average Bonchev–Trinajstić information content (AvgIpc) is 2.97. The second-order valence-electron chi connectivity index (χ2n) is 5.82. The lowest BCUT2D eigenvalue weighted by atomic mass is 10.0. The van der Waals surface area contributed by atoms with Crippen LogP contribution in [0.15, 0.2) is 48.5 Å². The van der Waals surface area contributed by atoms with E-state index >= 15 is 0 Å². The average molecular weight is 335 g/mol. The van der Waals surface area contributed by atoms with Crippen LogP contribution < -0.4 is 10.1 Å². The lowest BCUT2D eigenvalue weighted by Crippen LogP contribution is -2.14. The number of nitrogens with zero attached hydrogens (tertiary/aromatic N) is 1. The molecule has 1 amide bonds. The first-order chi connectivity index (χ1) is 12.1. The van der Waals surface area contributed by atoms with Gasteiger partial charge in [0.15, 0.2) is 5.82 Å². The molecule has 128 valence electrons. The van der Waals surface area contributed by atoms with Gasteiger partial charge in [-0.2, -0.15) is 5.10 Å². The summed E-state index contributed by atoms with van der Waals surface area (Å²) in [6.07, 6.45) is 0. The summed E-state index contributed by atoms with van der Waals surface area (Å²) < 4.78 is 5.54. The lowest BCUT2D eigenvalue weighted by Gasteiger charge is -2.10. The number of carbonyl (C=O) groups excluding carboxylic acids is 1. The van der Waals surface area contributed by atoms with Crippen molar-refractivity contribution in [1.82, 2.24) is 10.2 Å². The van der Waals surface area contributed by atoms with Gasteiger partial charge in [0.05, 0.1) is 12.2 Å². The Balaban J connectivity index is 1.92. The number of rotatable bonds is 5. The van der Waals surface area contributed by atoms with Gasteiger partial charge in [-0.25, -0.2) is 0 Å². The number of carbonyl (C=O) groups is 1. The maximum Gasteiger partial charge on any atom is 0.260 e. The Morgan fingerprint density at radius 2 is 1.84 bits per heavy atom. The molecule has 1 aromatic heterocycles. The summed E-state index contributed by atoms with van der Waals surface area (Å²) in [6, 6.07) is 15.3. The second-order valence-corrected chi connectivity index (χ2v) is 5.82. The van der Waals surface area contributed by atoms with Gasteiger partial charge in [-0.1, -0.05) is 42.0 Å². The van der Waals surface area contributed by atoms with E-state index in [1.165, 1.54) is 5.56 Å². The third-order valence-electron chi connectivity index (χ3n) is 3.95. The van der Waals surface area contributed by atoms with Crippen LogP contribution in [-0.2, 0) is 0 Å². The molecule has 25 heavy (non-hydrogen) atoms. The molecule has 0 radical (unpaired) electrons. The van der Waals surface area contributed by atoms with Gasteiger partial charge in [-0.05, 0) is 38.5 Å². The van der Waals surface area contributed by atoms with Crippen molar-refractivity contribution < 1.29 is 9.53 Å². The van der Waals surface area contributed by atoms with Gasteiger partial charge in [-0.15, -0.1) is 0 Å². The van der Waals surface area contributed by atoms with Crippen molar-refractivity contribution in [2.75, 3.05) is 11.9 Å². The number of hydrogen-bond acceptors (Lipinski definition) is 3. The molecule has 0 aliphatic rings. The van der Waals surface area contributed by atoms with E-state index < -0.39 is 0 Å². The number of benzene rings is 2. The number of aromatic nitrogens is 2. The van der Waals surface area contributed by atoms with E-state index in [9.17, 15) is 4.79 Å². The molecule has 0 saturated heterocycles. The fourth-order valence-corrected chi connectivity index (χ4v) is 2.70. The van der Waals surface area contributed by atoms with Crippen LogP contribution in [0.4, 0.5) is 5.82 Å². The topological polar surface area (TPSA) is 67.0 Å². The van der Waals surface area contributed by atoms with Gasteiger partial charge < -0.3 is 10.1 Å². The zero-order chi connectivity index (χ0) is 17.8. The van der Waals surface area contributed by atoms with Crippen molar-refractivity contribution in [2.45, 2.75) is 20.8 Å². The second kappa shape index (κ2) is 7.21. The number of para-hydroxylation sites is 1. The lowest BCUT2D eigenvalue weighted by molar-refractivity contribution is 0.102. The van der Waals surface area contributed by atoms with Crippen LogP contribution in [0.5, 0.6) is 5.75 Å². The third kappa shape index (κ3) is 3.55. The summed E-state index contributed by atoms with van der Waals surface area (Å²) in [5.74, 6) is 0.827. The van der Waals surface area contributed by atoms with Crippen LogP contribution in [0.3, 0.4) is 0 Å². The Bertz CT molecular complexity index is 882. The first kappa shape index (κ1) is 16.8. The Kier molecular flexibility index (Phi) is 4.84. The highest BCUT2D eigenvalue weighted by atomic mass is 16.5. The van der Waals surface area contributed by atoms with E-state index in [2.05, 4.69) is 15.5 Å². The summed E-state index contributed by atoms with van der Waals surface area (Å²) in [7, 11) is 0. The number of hydrogen-bond donors (Lipinski definition) is 2. The van der Waals surface area contributed by atoms with Crippen LogP contribution in [0.1, 0.15) is 28.5 Å². The molecule has 2 aromatic carbocycles. The Morgan fingerprint density at radius 3 is 2.56 bits per heavy atom. The van der Waals surface area contributed by atoms with Crippen molar-refractivity contribution in [3.8, 4) is 16.9 Å². The SMILES string of the molecule is CCOc1ccccc1C(=O)Nc1n[nH]c(C)c1-c1ccc(C)cc1. The van der Waals surface area contributed by atoms with E-state index in [1.54, 1.807) is 12.1 Å². The summed E-state index contributed by atoms with van der Waals surface area (Å²) in [5, 5.41) is 10.1. The molecule has 5 heteroatoms. The number of aryl methyl sites for hydroxylation is 2. The standard InChI is InChI=1S/C20H21N3O2/c1-4-25-17-8-6-5-7-16(17)20(24)21-19-18(14(3)22-23-19)15-11-9-13(2)10-12-15/h5-12H,4H2,1-3H3,(H2,21,22,23,24). The van der Waals surface area contributed by atoms with Crippen LogP contribution in [0, 0.1) is 13.8 Å². The largest absolute Gasteiger partial charge is 0.493 e. The molecular formula is C20H21N3O2. The first-order valence-corrected chi connectivity index (χ1v) is 8.25. The van der Waals surface area contributed by atoms with Gasteiger partial charge in [0.25, 0.3) is 5.91 Å². The highest BCUT2D eigenvalue weighted by molar-refractivity contribution is 6.07. The van der Waals surface area contributed by atoms with Crippen LogP contribution in [0.25, 0.3) is 11.1 Å². The zero-order valence-electron chi connectivity index (χ0n) is 14.6. The fourth-order valence-electron chi connectivity index (χ4n) is 2.70. The quantitative estimate of drug-likeness (QED) is 0.728. The van der Waals surface area contributed by atoms with E-state index in [0.717, 1.165) is 16.8 Å². The maximum absolute atomic E-state index is 12.7. The summed E-state index contributed by atoms with van der Waals surface area (Å²) in [5.41, 5.74) is 4.46. The molecule has 3 rings (SSSR count). The Labute approximate surface area is 147 Å². The minimum atomic E-state index is -0.246. The van der Waals surface area contributed by atoms with Crippen LogP contribution >= 0.6 is 0 Å². The number of amides is 1. The molecule has 0 spiro atoms. The molecule has 0 fully saturated rings. The maximum atomic E-state index is 12.7. The predicted octanol–water partition coefficient (Wildman–Crippen LogP) is 4.34. The number of nitrogens with one attached hydrogen (secondary N) is 2. The van der Waals surface area contributed by atoms with Gasteiger partial charge in [0.2, 0.25) is 0 Å². The molecule has 5 nitrogen and oxygen atoms in total. The minimum absolute atomic E-state index is 0.246. The molecule has 2 N–H and O–H groups in total. The molecule has 0 aliphatic heterocycles. The van der Waals surface area contributed by atoms with Crippen LogP contribution in [0.2, 0.25) is 0 Å². The predicted molar refractivity (Wildman–Crippen MR) is 99.1 cm³/mol. The monoisotopic (exact) mass is 335 g/mol. The van der Waals surface area contributed by atoms with Gasteiger partial charge in [0.1, 0.15) is 5.75 Å². The van der Waals surface area contributed by atoms with E-state index in [0.29, 0.717) is 23.7 Å². The number of anilines is 1. The normalized spacial score (nSPS) is 10.5. The molecule has 0 saturated carbocycles. The van der Waals surface area contributed by atoms with E-state index in [4.69, 9.17) is 4.74 Å². The number of aromatic amines is 1. The van der Waals surface area contributed by atoms with E-state index in [-0.39, 0.29) is 5.91 Å². The molecular weight excluding hydrogens is 314 g/mol. The number of H-pyrrole nitrogens is 1. The van der Waals surface area contributed by atoms with Gasteiger partial charge >= 0.3 is 0 Å². The zero-order valence-corrected chi connectivity index (χ0v) is 14.6. The molecule has 3 aromatic rings. The minimum Gasteiger partial charge on any atom is -0.493 e.